The van der Waals surface area contributed by atoms with Gasteiger partial charge in [-0.15, -0.1) is 5.10 Å². The second-order valence-electron chi connectivity index (χ2n) is 8.89. The third-order valence-corrected chi connectivity index (χ3v) is 6.57. The van der Waals surface area contributed by atoms with Gasteiger partial charge >= 0.3 is 0 Å². The number of likely N-dealkylation sites (tertiary alicyclic amines) is 1. The zero-order valence-electron chi connectivity index (χ0n) is 19.5. The molecule has 4 aromatic rings. The summed E-state index contributed by atoms with van der Waals surface area (Å²) in [5.74, 6) is 0.886. The highest BCUT2D eigenvalue weighted by Crippen LogP contribution is 2.31. The summed E-state index contributed by atoms with van der Waals surface area (Å²) in [6.07, 6.45) is 3.39. The number of para-hydroxylation sites is 2. The van der Waals surface area contributed by atoms with Gasteiger partial charge in [0.15, 0.2) is 0 Å². The number of nitrogens with zero attached hydrogens (tertiary/aromatic N) is 3. The van der Waals surface area contributed by atoms with Gasteiger partial charge in [0.05, 0.1) is 23.0 Å². The molecule has 1 amide bonds. The molecule has 2 heterocycles. The Labute approximate surface area is 200 Å². The Balaban J connectivity index is 1.34. The summed E-state index contributed by atoms with van der Waals surface area (Å²) in [7, 11) is 2.16. The van der Waals surface area contributed by atoms with Crippen molar-refractivity contribution >= 4 is 16.8 Å². The van der Waals surface area contributed by atoms with Crippen molar-refractivity contribution in [3.63, 3.8) is 0 Å². The van der Waals surface area contributed by atoms with Gasteiger partial charge in [0.2, 0.25) is 5.88 Å². The van der Waals surface area contributed by atoms with Gasteiger partial charge in [-0.2, -0.15) is 0 Å². The minimum Gasteiger partial charge on any atom is -0.436 e. The van der Waals surface area contributed by atoms with Crippen LogP contribution in [-0.2, 0) is 6.54 Å². The number of carbonyl (C=O) groups is 1. The maximum absolute atomic E-state index is 13.0. The van der Waals surface area contributed by atoms with Crippen molar-refractivity contribution in [1.29, 1.82) is 0 Å². The predicted molar refractivity (Wildman–Crippen MR) is 134 cm³/mol. The standard InChI is InChI=1S/C28H30N4O2/c1-31-19-9-12-22(31)17-18-29-27(33)24-14-6-8-16-26(24)34-28-23-13-5-7-15-25(23)32(30-28)20-21-10-3-2-4-11-21/h2-8,10-11,13-16,22H,9,12,17-20H2,1H3,(H,29,33). The van der Waals surface area contributed by atoms with Crippen LogP contribution >= 0.6 is 0 Å². The van der Waals surface area contributed by atoms with Gasteiger partial charge in [0.1, 0.15) is 5.75 Å². The van der Waals surface area contributed by atoms with Crippen LogP contribution in [0, 0.1) is 0 Å². The van der Waals surface area contributed by atoms with Gasteiger partial charge in [-0.3, -0.25) is 9.48 Å². The fourth-order valence-corrected chi connectivity index (χ4v) is 4.69. The van der Waals surface area contributed by atoms with Crippen LogP contribution in [0.1, 0.15) is 35.2 Å². The Bertz CT molecular complexity index is 1270. The van der Waals surface area contributed by atoms with Crippen LogP contribution in [0.15, 0.2) is 78.9 Å². The van der Waals surface area contributed by atoms with E-state index in [2.05, 4.69) is 29.4 Å². The van der Waals surface area contributed by atoms with Crippen LogP contribution in [0.5, 0.6) is 11.6 Å². The first-order chi connectivity index (χ1) is 16.7. The molecule has 174 valence electrons. The van der Waals surface area contributed by atoms with E-state index in [0.717, 1.165) is 29.4 Å². The molecule has 1 atom stereocenters. The van der Waals surface area contributed by atoms with Crippen molar-refractivity contribution in [3.8, 4) is 11.6 Å². The SMILES string of the molecule is CN1CCCC1CCNC(=O)c1ccccc1Oc1nn(Cc2ccccc2)c2ccccc12. The second kappa shape index (κ2) is 10.1. The van der Waals surface area contributed by atoms with Crippen molar-refractivity contribution in [2.75, 3.05) is 20.1 Å². The molecule has 1 aliphatic heterocycles. The van der Waals surface area contributed by atoms with Crippen LogP contribution in [-0.4, -0.2) is 46.8 Å². The molecule has 0 saturated carbocycles. The Morgan fingerprint density at radius 1 is 1.03 bits per heavy atom. The Hall–Kier alpha value is -3.64. The van der Waals surface area contributed by atoms with E-state index >= 15 is 0 Å². The van der Waals surface area contributed by atoms with Crippen LogP contribution in [0.3, 0.4) is 0 Å². The molecule has 1 unspecified atom stereocenters. The topological polar surface area (TPSA) is 59.4 Å². The molecule has 1 aromatic heterocycles. The van der Waals surface area contributed by atoms with Crippen LogP contribution < -0.4 is 10.1 Å². The maximum atomic E-state index is 13.0. The Kier molecular flexibility index (Phi) is 6.58. The lowest BCUT2D eigenvalue weighted by Crippen LogP contribution is -2.31. The number of benzene rings is 3. The number of aromatic nitrogens is 2. The van der Waals surface area contributed by atoms with Gasteiger partial charge < -0.3 is 15.0 Å². The summed E-state index contributed by atoms with van der Waals surface area (Å²) in [5, 5.41) is 8.75. The summed E-state index contributed by atoms with van der Waals surface area (Å²) in [6.45, 7) is 2.43. The molecule has 0 aliphatic carbocycles. The molecule has 0 spiro atoms. The van der Waals surface area contributed by atoms with Crippen molar-refractivity contribution in [3.05, 3.63) is 90.0 Å². The number of amides is 1. The Morgan fingerprint density at radius 3 is 2.62 bits per heavy atom. The highest BCUT2D eigenvalue weighted by atomic mass is 16.5. The van der Waals surface area contributed by atoms with Gasteiger partial charge in [-0.25, -0.2) is 0 Å². The molecule has 1 aliphatic rings. The summed E-state index contributed by atoms with van der Waals surface area (Å²) >= 11 is 0. The van der Waals surface area contributed by atoms with E-state index in [1.807, 2.05) is 65.3 Å². The monoisotopic (exact) mass is 454 g/mol. The number of ether oxygens (including phenoxy) is 1. The van der Waals surface area contributed by atoms with E-state index in [1.54, 1.807) is 6.07 Å². The zero-order chi connectivity index (χ0) is 23.3. The van der Waals surface area contributed by atoms with Crippen molar-refractivity contribution in [1.82, 2.24) is 20.0 Å². The average Bonchev–Trinajstić information content (AvgIpc) is 3.43. The lowest BCUT2D eigenvalue weighted by Gasteiger charge is -2.19. The second-order valence-corrected chi connectivity index (χ2v) is 8.89. The first-order valence-electron chi connectivity index (χ1n) is 11.9. The number of hydrogen-bond donors (Lipinski definition) is 1. The van der Waals surface area contributed by atoms with Crippen molar-refractivity contribution in [2.45, 2.75) is 31.8 Å². The molecule has 1 N–H and O–H groups in total. The number of nitrogens with one attached hydrogen (secondary N) is 1. The van der Waals surface area contributed by atoms with Gasteiger partial charge in [0.25, 0.3) is 5.91 Å². The summed E-state index contributed by atoms with van der Waals surface area (Å²) in [5.41, 5.74) is 2.67. The molecule has 6 heteroatoms. The predicted octanol–water partition coefficient (Wildman–Crippen LogP) is 5.09. The number of rotatable bonds is 8. The zero-order valence-corrected chi connectivity index (χ0v) is 19.5. The third-order valence-electron chi connectivity index (χ3n) is 6.57. The number of hydrogen-bond acceptors (Lipinski definition) is 4. The van der Waals surface area contributed by atoms with E-state index in [9.17, 15) is 4.79 Å². The summed E-state index contributed by atoms with van der Waals surface area (Å²) in [4.78, 5) is 15.4. The molecule has 1 fully saturated rings. The summed E-state index contributed by atoms with van der Waals surface area (Å²) < 4.78 is 8.20. The van der Waals surface area contributed by atoms with Crippen molar-refractivity contribution in [2.24, 2.45) is 0 Å². The first kappa shape index (κ1) is 22.2. The van der Waals surface area contributed by atoms with E-state index in [-0.39, 0.29) is 5.91 Å². The van der Waals surface area contributed by atoms with Gasteiger partial charge in [0, 0.05) is 12.6 Å². The molecule has 0 radical (unpaired) electrons. The molecule has 3 aromatic carbocycles. The minimum atomic E-state index is -0.121. The summed E-state index contributed by atoms with van der Waals surface area (Å²) in [6, 6.07) is 26.1. The lowest BCUT2D eigenvalue weighted by atomic mass is 10.1. The fourth-order valence-electron chi connectivity index (χ4n) is 4.69. The van der Waals surface area contributed by atoms with E-state index in [0.29, 0.717) is 36.3 Å². The average molecular weight is 455 g/mol. The van der Waals surface area contributed by atoms with E-state index in [1.165, 1.54) is 12.8 Å². The van der Waals surface area contributed by atoms with E-state index < -0.39 is 0 Å². The maximum Gasteiger partial charge on any atom is 0.255 e. The van der Waals surface area contributed by atoms with Crippen LogP contribution in [0.4, 0.5) is 0 Å². The molecule has 6 nitrogen and oxygen atoms in total. The number of fused-ring (bicyclic) bond motifs is 1. The first-order valence-corrected chi connectivity index (χ1v) is 11.9. The number of carbonyl (C=O) groups excluding carboxylic acids is 1. The van der Waals surface area contributed by atoms with Gasteiger partial charge in [-0.1, -0.05) is 54.6 Å². The van der Waals surface area contributed by atoms with Crippen LogP contribution in [0.2, 0.25) is 0 Å². The fraction of sp³-hybridized carbons (Fsp3) is 0.286. The van der Waals surface area contributed by atoms with E-state index in [4.69, 9.17) is 9.84 Å². The van der Waals surface area contributed by atoms with Crippen molar-refractivity contribution < 1.29 is 9.53 Å². The van der Waals surface area contributed by atoms with Crippen LogP contribution in [0.25, 0.3) is 10.9 Å². The highest BCUT2D eigenvalue weighted by Gasteiger charge is 2.21. The molecule has 1 saturated heterocycles. The molecular formula is C28H30N4O2. The van der Waals surface area contributed by atoms with Gasteiger partial charge in [-0.05, 0) is 62.7 Å². The largest absolute Gasteiger partial charge is 0.436 e. The molecule has 5 rings (SSSR count). The third kappa shape index (κ3) is 4.82. The minimum absolute atomic E-state index is 0.121. The lowest BCUT2D eigenvalue weighted by molar-refractivity contribution is 0.0948. The smallest absolute Gasteiger partial charge is 0.255 e. The molecule has 34 heavy (non-hydrogen) atoms. The molecule has 0 bridgehead atoms. The molecular weight excluding hydrogens is 424 g/mol. The normalized spacial score (nSPS) is 16.1. The quantitative estimate of drug-likeness (QED) is 0.403. The highest BCUT2D eigenvalue weighted by molar-refractivity contribution is 5.97. The Morgan fingerprint density at radius 2 is 1.79 bits per heavy atom.